The Hall–Kier alpha value is -1.79. The van der Waals surface area contributed by atoms with Crippen molar-refractivity contribution in [3.8, 4) is 0 Å². The lowest BCUT2D eigenvalue weighted by Gasteiger charge is -2.10. The molecule has 7 heteroatoms. The monoisotopic (exact) mass is 300 g/mol. The van der Waals surface area contributed by atoms with Crippen LogP contribution in [-0.2, 0) is 10.0 Å². The minimum atomic E-state index is -3.88. The summed E-state index contributed by atoms with van der Waals surface area (Å²) < 4.78 is 39.5. The van der Waals surface area contributed by atoms with E-state index in [9.17, 15) is 12.8 Å². The third kappa shape index (κ3) is 3.15. The van der Waals surface area contributed by atoms with Crippen LogP contribution in [0.15, 0.2) is 47.4 Å². The van der Waals surface area contributed by atoms with Gasteiger partial charge in [-0.3, -0.25) is 4.72 Å². The molecule has 0 radical (unpaired) electrons. The standard InChI is InChI=1S/C12H10ClFN2O2S/c13-11-3-1-2-4-12(11)19(17,18)16-10-6-8(14)5-9(15)7-10/h1-7,16H,15H2. The molecule has 0 heterocycles. The number of anilines is 2. The number of halogens is 2. The Labute approximate surface area is 115 Å². The van der Waals surface area contributed by atoms with Crippen molar-refractivity contribution < 1.29 is 12.8 Å². The largest absolute Gasteiger partial charge is 0.399 e. The van der Waals surface area contributed by atoms with Gasteiger partial charge in [-0.25, -0.2) is 12.8 Å². The number of hydrogen-bond acceptors (Lipinski definition) is 3. The molecule has 0 fully saturated rings. The van der Waals surface area contributed by atoms with Gasteiger partial charge in [-0.05, 0) is 30.3 Å². The Morgan fingerprint density at radius 3 is 2.47 bits per heavy atom. The molecule has 2 rings (SSSR count). The van der Waals surface area contributed by atoms with E-state index < -0.39 is 15.8 Å². The van der Waals surface area contributed by atoms with Crippen molar-refractivity contribution in [3.05, 3.63) is 53.3 Å². The fraction of sp³-hybridized carbons (Fsp3) is 0. The zero-order valence-corrected chi connectivity index (χ0v) is 11.2. The lowest BCUT2D eigenvalue weighted by atomic mass is 10.3. The summed E-state index contributed by atoms with van der Waals surface area (Å²) in [5.41, 5.74) is 5.61. The second kappa shape index (κ2) is 5.07. The Morgan fingerprint density at radius 2 is 1.84 bits per heavy atom. The molecule has 0 saturated heterocycles. The zero-order valence-electron chi connectivity index (χ0n) is 9.60. The summed E-state index contributed by atoms with van der Waals surface area (Å²) in [4.78, 5) is -0.0838. The quantitative estimate of drug-likeness (QED) is 0.856. The number of sulfonamides is 1. The Balaban J connectivity index is 2.39. The van der Waals surface area contributed by atoms with Gasteiger partial charge in [-0.15, -0.1) is 0 Å². The topological polar surface area (TPSA) is 72.2 Å². The number of nitrogens with two attached hydrogens (primary N) is 1. The predicted octanol–water partition coefficient (Wildman–Crippen LogP) is 2.86. The molecule has 2 aromatic carbocycles. The van der Waals surface area contributed by atoms with Crippen molar-refractivity contribution >= 4 is 33.0 Å². The van der Waals surface area contributed by atoms with Gasteiger partial charge in [-0.1, -0.05) is 23.7 Å². The zero-order chi connectivity index (χ0) is 14.0. The smallest absolute Gasteiger partial charge is 0.263 e. The molecule has 0 aromatic heterocycles. The van der Waals surface area contributed by atoms with Gasteiger partial charge in [0.1, 0.15) is 10.7 Å². The van der Waals surface area contributed by atoms with Gasteiger partial charge in [-0.2, -0.15) is 0 Å². The fourth-order valence-corrected chi connectivity index (χ4v) is 3.11. The molecular weight excluding hydrogens is 291 g/mol. The predicted molar refractivity (Wildman–Crippen MR) is 73.1 cm³/mol. The van der Waals surface area contributed by atoms with Crippen LogP contribution in [0.3, 0.4) is 0 Å². The van der Waals surface area contributed by atoms with E-state index in [1.807, 2.05) is 0 Å². The number of nitrogens with one attached hydrogen (secondary N) is 1. The molecule has 0 atom stereocenters. The molecule has 0 unspecified atom stereocenters. The summed E-state index contributed by atoms with van der Waals surface area (Å²) in [6.07, 6.45) is 0. The van der Waals surface area contributed by atoms with E-state index in [1.165, 1.54) is 18.2 Å². The van der Waals surface area contributed by atoms with Gasteiger partial charge in [0.05, 0.1) is 10.7 Å². The molecule has 3 N–H and O–H groups in total. The lowest BCUT2D eigenvalue weighted by molar-refractivity contribution is 0.601. The molecule has 100 valence electrons. The van der Waals surface area contributed by atoms with Crippen LogP contribution in [0.1, 0.15) is 0 Å². The molecule has 0 saturated carbocycles. The van der Waals surface area contributed by atoms with Crippen LogP contribution in [0, 0.1) is 5.82 Å². The average Bonchev–Trinajstić information content (AvgIpc) is 2.26. The summed E-state index contributed by atoms with van der Waals surface area (Å²) in [6, 6.07) is 9.40. The third-order valence-electron chi connectivity index (χ3n) is 2.30. The molecule has 0 aliphatic heterocycles. The number of rotatable bonds is 3. The first-order chi connectivity index (χ1) is 8.88. The van der Waals surface area contributed by atoms with Crippen molar-refractivity contribution in [2.45, 2.75) is 4.90 Å². The van der Waals surface area contributed by atoms with Gasteiger partial charge in [0.2, 0.25) is 0 Å². The maximum absolute atomic E-state index is 13.1. The van der Waals surface area contributed by atoms with Crippen molar-refractivity contribution in [3.63, 3.8) is 0 Å². The minimum absolute atomic E-state index is 0.0393. The van der Waals surface area contributed by atoms with E-state index in [-0.39, 0.29) is 21.3 Å². The normalized spacial score (nSPS) is 11.3. The Bertz CT molecular complexity index is 699. The molecule has 0 spiro atoms. The molecule has 0 aliphatic carbocycles. The van der Waals surface area contributed by atoms with E-state index in [0.29, 0.717) is 0 Å². The third-order valence-corrected chi connectivity index (χ3v) is 4.18. The highest BCUT2D eigenvalue weighted by atomic mass is 35.5. The summed E-state index contributed by atoms with van der Waals surface area (Å²) in [7, 11) is -3.88. The number of nitrogen functional groups attached to an aromatic ring is 1. The van der Waals surface area contributed by atoms with E-state index in [4.69, 9.17) is 17.3 Å². The minimum Gasteiger partial charge on any atom is -0.399 e. The van der Waals surface area contributed by atoms with E-state index in [1.54, 1.807) is 12.1 Å². The molecule has 19 heavy (non-hydrogen) atoms. The SMILES string of the molecule is Nc1cc(F)cc(NS(=O)(=O)c2ccccc2Cl)c1. The second-order valence-electron chi connectivity index (χ2n) is 3.81. The van der Waals surface area contributed by atoms with E-state index in [2.05, 4.69) is 4.72 Å². The molecule has 0 bridgehead atoms. The number of benzene rings is 2. The van der Waals surface area contributed by atoms with Gasteiger partial charge in [0, 0.05) is 5.69 Å². The Morgan fingerprint density at radius 1 is 1.16 bits per heavy atom. The highest BCUT2D eigenvalue weighted by molar-refractivity contribution is 7.92. The summed E-state index contributed by atoms with van der Waals surface area (Å²) in [5, 5.41) is 0.0828. The van der Waals surface area contributed by atoms with Gasteiger partial charge >= 0.3 is 0 Å². The molecule has 0 amide bonds. The highest BCUT2D eigenvalue weighted by Crippen LogP contribution is 2.24. The van der Waals surface area contributed by atoms with Crippen LogP contribution in [0.5, 0.6) is 0 Å². The fourth-order valence-electron chi connectivity index (χ4n) is 1.54. The van der Waals surface area contributed by atoms with Crippen LogP contribution in [0.25, 0.3) is 0 Å². The maximum Gasteiger partial charge on any atom is 0.263 e. The lowest BCUT2D eigenvalue weighted by Crippen LogP contribution is -2.13. The van der Waals surface area contributed by atoms with Crippen LogP contribution in [0.2, 0.25) is 5.02 Å². The first-order valence-electron chi connectivity index (χ1n) is 5.22. The molecule has 0 aliphatic rings. The molecule has 4 nitrogen and oxygen atoms in total. The van der Waals surface area contributed by atoms with Crippen LogP contribution in [-0.4, -0.2) is 8.42 Å². The molecular formula is C12H10ClFN2O2S. The highest BCUT2D eigenvalue weighted by Gasteiger charge is 2.17. The first kappa shape index (κ1) is 13.6. The molecule has 2 aromatic rings. The number of hydrogen-bond donors (Lipinski definition) is 2. The van der Waals surface area contributed by atoms with Crippen molar-refractivity contribution in [2.24, 2.45) is 0 Å². The van der Waals surface area contributed by atoms with Gasteiger partial charge < -0.3 is 5.73 Å². The van der Waals surface area contributed by atoms with E-state index >= 15 is 0 Å². The van der Waals surface area contributed by atoms with Crippen molar-refractivity contribution in [2.75, 3.05) is 10.5 Å². The average molecular weight is 301 g/mol. The summed E-state index contributed by atoms with van der Waals surface area (Å²) >= 11 is 5.82. The van der Waals surface area contributed by atoms with Crippen molar-refractivity contribution in [1.82, 2.24) is 0 Å². The summed E-state index contributed by atoms with van der Waals surface area (Å²) in [6.45, 7) is 0. The van der Waals surface area contributed by atoms with E-state index in [0.717, 1.165) is 12.1 Å². The second-order valence-corrected chi connectivity index (χ2v) is 5.87. The van der Waals surface area contributed by atoms with Gasteiger partial charge in [0.15, 0.2) is 0 Å². The van der Waals surface area contributed by atoms with Crippen LogP contribution >= 0.6 is 11.6 Å². The van der Waals surface area contributed by atoms with Gasteiger partial charge in [0.25, 0.3) is 10.0 Å². The Kier molecular flexibility index (Phi) is 3.64. The van der Waals surface area contributed by atoms with Crippen molar-refractivity contribution in [1.29, 1.82) is 0 Å². The van der Waals surface area contributed by atoms with Crippen LogP contribution < -0.4 is 10.5 Å². The van der Waals surface area contributed by atoms with Crippen LogP contribution in [0.4, 0.5) is 15.8 Å². The first-order valence-corrected chi connectivity index (χ1v) is 7.08. The maximum atomic E-state index is 13.1. The summed E-state index contributed by atoms with van der Waals surface area (Å²) in [5.74, 6) is -0.628.